The molecule has 2 atom stereocenters. The van der Waals surface area contributed by atoms with Crippen molar-refractivity contribution < 1.29 is 32.0 Å². The molecule has 0 aromatic rings. The topological polar surface area (TPSA) is 63.6 Å². The molecule has 0 saturated heterocycles. The number of rotatable bonds is 6. The number of carbonyl (C=O) groups is 1. The van der Waals surface area contributed by atoms with E-state index in [0.29, 0.717) is 0 Å². The van der Waals surface area contributed by atoms with E-state index in [1.54, 1.807) is 0 Å². The lowest BCUT2D eigenvalue weighted by Crippen LogP contribution is -2.23. The lowest BCUT2D eigenvalue weighted by Gasteiger charge is -2.10. The molecule has 1 N–H and O–H groups in total. The van der Waals surface area contributed by atoms with Crippen molar-refractivity contribution in [3.63, 3.8) is 0 Å². The molecule has 0 aliphatic heterocycles. The van der Waals surface area contributed by atoms with Gasteiger partial charge in [0.1, 0.15) is 0 Å². The molecule has 15 heavy (non-hydrogen) atoms. The number of hydrogen-bond acceptors (Lipinski definition) is 3. The van der Waals surface area contributed by atoms with Crippen molar-refractivity contribution in [1.29, 1.82) is 0 Å². The van der Waals surface area contributed by atoms with Gasteiger partial charge in [-0.3, -0.25) is 13.7 Å². The van der Waals surface area contributed by atoms with Crippen molar-refractivity contribution in [2.24, 2.45) is 0 Å². The molecule has 0 amide bonds. The number of carboxylic acids is 1. The molecule has 8 heteroatoms. The van der Waals surface area contributed by atoms with Gasteiger partial charge in [-0.25, -0.2) is 0 Å². The van der Waals surface area contributed by atoms with Gasteiger partial charge in [0.15, 0.2) is 0 Å². The van der Waals surface area contributed by atoms with Crippen LogP contribution in [-0.4, -0.2) is 39.3 Å². The fourth-order valence-electron chi connectivity index (χ4n) is 0.780. The molecule has 0 aliphatic carbocycles. The van der Waals surface area contributed by atoms with Crippen LogP contribution in [0.25, 0.3) is 0 Å². The zero-order valence-corrected chi connectivity index (χ0v) is 8.73. The molecule has 2 unspecified atom stereocenters. The minimum Gasteiger partial charge on any atom is -0.481 e. The maximum absolute atomic E-state index is 11.5. The lowest BCUT2D eigenvalue weighted by molar-refractivity contribution is -0.322. The van der Waals surface area contributed by atoms with Crippen LogP contribution in [0, 0.1) is 0 Å². The average molecular weight is 248 g/mol. The first-order chi connectivity index (χ1) is 6.72. The summed E-state index contributed by atoms with van der Waals surface area (Å²) in [6.45, 7) is 0.678. The second-order valence-corrected chi connectivity index (χ2v) is 4.76. The normalized spacial score (nSPS) is 16.0. The van der Waals surface area contributed by atoms with Crippen LogP contribution in [-0.2, 0) is 20.3 Å². The summed E-state index contributed by atoms with van der Waals surface area (Å²) in [5.41, 5.74) is 0. The summed E-state index contributed by atoms with van der Waals surface area (Å²) < 4.78 is 49.1. The van der Waals surface area contributed by atoms with Crippen molar-refractivity contribution in [1.82, 2.24) is 0 Å². The molecule has 0 rings (SSSR count). The molecule has 0 radical (unpaired) electrons. The third-order valence-corrected chi connectivity index (χ3v) is 3.09. The fraction of sp³-hybridized carbons (Fsp3) is 0.857. The summed E-state index contributed by atoms with van der Waals surface area (Å²) in [5.74, 6) is -1.46. The number of aliphatic carboxylic acids is 1. The Bertz CT molecular complexity index is 241. The van der Waals surface area contributed by atoms with E-state index in [9.17, 15) is 22.2 Å². The summed E-state index contributed by atoms with van der Waals surface area (Å²) >= 11 is 0. The quantitative estimate of drug-likeness (QED) is 0.765. The fourth-order valence-corrected chi connectivity index (χ4v) is 1.76. The smallest absolute Gasteiger partial charge is 0.481 e. The predicted octanol–water partition coefficient (Wildman–Crippen LogP) is 1.13. The predicted molar refractivity (Wildman–Crippen MR) is 46.7 cm³/mol. The van der Waals surface area contributed by atoms with Gasteiger partial charge in [0.05, 0.1) is 13.0 Å². The van der Waals surface area contributed by atoms with E-state index < -0.39 is 35.0 Å². The maximum Gasteiger partial charge on any atom is 0.522 e. The molecular formula is C7H11F3O4S. The lowest BCUT2D eigenvalue weighted by atomic mass is 10.3. The van der Waals surface area contributed by atoms with Crippen molar-refractivity contribution >= 4 is 16.8 Å². The van der Waals surface area contributed by atoms with Crippen LogP contribution in [0.4, 0.5) is 13.2 Å². The highest BCUT2D eigenvalue weighted by atomic mass is 32.2. The third-order valence-electron chi connectivity index (χ3n) is 1.46. The minimum absolute atomic E-state index is 0.325. The molecule has 0 heterocycles. The van der Waals surface area contributed by atoms with Crippen LogP contribution in [0.15, 0.2) is 0 Å². The number of carboxylic acid groups (broad SMARTS) is 1. The third kappa shape index (κ3) is 8.37. The monoisotopic (exact) mass is 248 g/mol. The Labute approximate surface area is 86.9 Å². The number of ether oxygens (including phenoxy) is 1. The Morgan fingerprint density at radius 2 is 2.07 bits per heavy atom. The van der Waals surface area contributed by atoms with Crippen LogP contribution >= 0.6 is 0 Å². The molecular weight excluding hydrogens is 237 g/mol. The second kappa shape index (κ2) is 6.06. The van der Waals surface area contributed by atoms with E-state index >= 15 is 0 Å². The van der Waals surface area contributed by atoms with Crippen LogP contribution in [0.5, 0.6) is 0 Å². The van der Waals surface area contributed by atoms with Gasteiger partial charge in [0.25, 0.3) is 0 Å². The summed E-state index contributed by atoms with van der Waals surface area (Å²) in [4.78, 5) is 10.2. The minimum atomic E-state index is -4.74. The average Bonchev–Trinajstić information content (AvgIpc) is 2.00. The molecule has 90 valence electrons. The first kappa shape index (κ1) is 14.4. The van der Waals surface area contributed by atoms with Gasteiger partial charge in [0.2, 0.25) is 0 Å². The highest BCUT2D eigenvalue weighted by Crippen LogP contribution is 2.16. The van der Waals surface area contributed by atoms with Gasteiger partial charge >= 0.3 is 12.3 Å². The van der Waals surface area contributed by atoms with Crippen LogP contribution in [0.1, 0.15) is 13.3 Å². The summed E-state index contributed by atoms with van der Waals surface area (Å²) in [5, 5.41) is 7.66. The number of alkyl halides is 3. The Morgan fingerprint density at radius 1 is 1.53 bits per heavy atom. The van der Waals surface area contributed by atoms with E-state index in [1.165, 1.54) is 6.92 Å². The zero-order chi connectivity index (χ0) is 12.1. The molecule has 0 aromatic carbocycles. The van der Waals surface area contributed by atoms with Gasteiger partial charge in [0, 0.05) is 21.8 Å². The van der Waals surface area contributed by atoms with Crippen molar-refractivity contribution in [3.8, 4) is 0 Å². The molecule has 0 saturated carbocycles. The van der Waals surface area contributed by atoms with Gasteiger partial charge in [-0.15, -0.1) is 13.2 Å². The zero-order valence-electron chi connectivity index (χ0n) is 7.91. The summed E-state index contributed by atoms with van der Waals surface area (Å²) in [7, 11) is -1.63. The van der Waals surface area contributed by atoms with E-state index in [-0.39, 0.29) is 12.2 Å². The van der Waals surface area contributed by atoms with Crippen molar-refractivity contribution in [3.05, 3.63) is 0 Å². The Morgan fingerprint density at radius 3 is 2.47 bits per heavy atom. The van der Waals surface area contributed by atoms with E-state index in [0.717, 1.165) is 0 Å². The maximum atomic E-state index is 11.5. The number of halogens is 3. The number of hydrogen-bond donors (Lipinski definition) is 1. The van der Waals surface area contributed by atoms with Crippen molar-refractivity contribution in [2.75, 3.05) is 12.4 Å². The Balaban J connectivity index is 3.79. The van der Waals surface area contributed by atoms with E-state index in [2.05, 4.69) is 4.74 Å². The molecule has 0 spiro atoms. The molecule has 0 fully saturated rings. The Kier molecular flexibility index (Phi) is 5.81. The highest BCUT2D eigenvalue weighted by molar-refractivity contribution is 7.85. The first-order valence-electron chi connectivity index (χ1n) is 4.02. The van der Waals surface area contributed by atoms with E-state index in [4.69, 9.17) is 5.11 Å². The highest BCUT2D eigenvalue weighted by Gasteiger charge is 2.29. The van der Waals surface area contributed by atoms with Gasteiger partial charge in [-0.2, -0.15) is 0 Å². The Hall–Kier alpha value is -0.630. The molecule has 0 aliphatic rings. The van der Waals surface area contributed by atoms with Gasteiger partial charge in [-0.1, -0.05) is 6.92 Å². The van der Waals surface area contributed by atoms with Crippen molar-refractivity contribution in [2.45, 2.75) is 25.0 Å². The molecule has 0 aromatic heterocycles. The van der Waals surface area contributed by atoms with Crippen LogP contribution in [0.3, 0.4) is 0 Å². The summed E-state index contributed by atoms with van der Waals surface area (Å²) in [6, 6.07) is 0. The molecule has 0 bridgehead atoms. The largest absolute Gasteiger partial charge is 0.522 e. The first-order valence-corrected chi connectivity index (χ1v) is 5.40. The molecule has 4 nitrogen and oxygen atoms in total. The van der Waals surface area contributed by atoms with E-state index in [1.807, 2.05) is 0 Å². The van der Waals surface area contributed by atoms with Gasteiger partial charge in [-0.05, 0) is 0 Å². The standard InChI is InChI=1S/C7H11F3O4S/c1-5(4-6(11)12)15(13)3-2-14-7(8,9)10/h5H,2-4H2,1H3,(H,11,12). The van der Waals surface area contributed by atoms with Crippen LogP contribution in [0.2, 0.25) is 0 Å². The van der Waals surface area contributed by atoms with Crippen LogP contribution < -0.4 is 0 Å². The SMILES string of the molecule is CC(CC(=O)O)S(=O)CCOC(F)(F)F. The summed E-state index contributed by atoms with van der Waals surface area (Å²) in [6.07, 6.45) is -5.07. The van der Waals surface area contributed by atoms with Gasteiger partial charge < -0.3 is 5.11 Å². The second-order valence-electron chi connectivity index (χ2n) is 2.79.